The zero-order valence-corrected chi connectivity index (χ0v) is 15.6. The second-order valence-electron chi connectivity index (χ2n) is 7.10. The van der Waals surface area contributed by atoms with Crippen molar-refractivity contribution in [1.29, 1.82) is 0 Å². The van der Waals surface area contributed by atoms with Gasteiger partial charge in [-0.25, -0.2) is 0 Å². The standard InChI is InChI=1S/C22H22N4O/c1-25(2)18-12-13-26(15-18)22(27)17-9-11-21-19(14-17)20(23-24-21)10-8-16-6-4-3-5-7-16/h3-7,9,11,14,18H,12-13,15H2,1-2H3,(H,23,24)/t18-/m0/s1. The summed E-state index contributed by atoms with van der Waals surface area (Å²) in [5.74, 6) is 6.35. The van der Waals surface area contributed by atoms with E-state index in [0.717, 1.165) is 41.7 Å². The molecule has 3 aromatic rings. The maximum atomic E-state index is 12.9. The van der Waals surface area contributed by atoms with Crippen LogP contribution < -0.4 is 0 Å². The van der Waals surface area contributed by atoms with Crippen molar-refractivity contribution in [3.05, 3.63) is 65.4 Å². The van der Waals surface area contributed by atoms with Crippen molar-refractivity contribution in [3.8, 4) is 11.8 Å². The van der Waals surface area contributed by atoms with Gasteiger partial charge in [-0.2, -0.15) is 5.10 Å². The van der Waals surface area contributed by atoms with E-state index in [1.165, 1.54) is 0 Å². The smallest absolute Gasteiger partial charge is 0.253 e. The van der Waals surface area contributed by atoms with Crippen molar-refractivity contribution in [2.45, 2.75) is 12.5 Å². The van der Waals surface area contributed by atoms with Gasteiger partial charge in [-0.15, -0.1) is 0 Å². The molecule has 0 saturated carbocycles. The quantitative estimate of drug-likeness (QED) is 0.717. The van der Waals surface area contributed by atoms with Gasteiger partial charge in [-0.3, -0.25) is 9.89 Å². The third kappa shape index (κ3) is 3.57. The van der Waals surface area contributed by atoms with Crippen molar-refractivity contribution < 1.29 is 4.79 Å². The van der Waals surface area contributed by atoms with Gasteiger partial charge in [0.15, 0.2) is 0 Å². The molecule has 2 heterocycles. The van der Waals surface area contributed by atoms with Crippen LogP contribution in [0.5, 0.6) is 0 Å². The Kier molecular flexibility index (Phi) is 4.66. The topological polar surface area (TPSA) is 52.2 Å². The molecule has 1 aliphatic rings. The number of fused-ring (bicyclic) bond motifs is 1. The lowest BCUT2D eigenvalue weighted by Crippen LogP contribution is -2.34. The van der Waals surface area contributed by atoms with E-state index in [0.29, 0.717) is 11.6 Å². The maximum Gasteiger partial charge on any atom is 0.253 e. The minimum atomic E-state index is 0.0735. The third-order valence-electron chi connectivity index (χ3n) is 5.09. The minimum Gasteiger partial charge on any atom is -0.337 e. The van der Waals surface area contributed by atoms with Crippen molar-refractivity contribution in [2.24, 2.45) is 0 Å². The predicted molar refractivity (Wildman–Crippen MR) is 107 cm³/mol. The van der Waals surface area contributed by atoms with Crippen LogP contribution in [0.2, 0.25) is 0 Å². The van der Waals surface area contributed by atoms with E-state index in [-0.39, 0.29) is 5.91 Å². The van der Waals surface area contributed by atoms with Gasteiger partial charge in [0.25, 0.3) is 5.91 Å². The Morgan fingerprint density at radius 2 is 2.00 bits per heavy atom. The van der Waals surface area contributed by atoms with Crippen LogP contribution in [0.1, 0.15) is 28.0 Å². The maximum absolute atomic E-state index is 12.9. The van der Waals surface area contributed by atoms with Gasteiger partial charge >= 0.3 is 0 Å². The van der Waals surface area contributed by atoms with E-state index in [9.17, 15) is 4.79 Å². The molecular formula is C22H22N4O. The number of nitrogens with zero attached hydrogens (tertiary/aromatic N) is 3. The second kappa shape index (κ2) is 7.26. The molecule has 0 spiro atoms. The van der Waals surface area contributed by atoms with E-state index in [4.69, 9.17) is 0 Å². The molecule has 136 valence electrons. The first-order chi connectivity index (χ1) is 13.1. The Balaban J connectivity index is 1.61. The number of carbonyl (C=O) groups excluding carboxylic acids is 1. The van der Waals surface area contributed by atoms with E-state index in [1.54, 1.807) is 0 Å². The average molecular weight is 358 g/mol. The monoisotopic (exact) mass is 358 g/mol. The van der Waals surface area contributed by atoms with Crippen molar-refractivity contribution in [3.63, 3.8) is 0 Å². The summed E-state index contributed by atoms with van der Waals surface area (Å²) in [6.07, 6.45) is 1.01. The first-order valence-electron chi connectivity index (χ1n) is 9.13. The third-order valence-corrected chi connectivity index (χ3v) is 5.09. The molecule has 0 radical (unpaired) electrons. The zero-order chi connectivity index (χ0) is 18.8. The molecule has 1 aromatic heterocycles. The normalized spacial score (nSPS) is 16.6. The van der Waals surface area contributed by atoms with Gasteiger partial charge in [-0.1, -0.05) is 24.1 Å². The number of likely N-dealkylation sites (tertiary alicyclic amines) is 1. The van der Waals surface area contributed by atoms with E-state index in [2.05, 4.69) is 41.0 Å². The fourth-order valence-electron chi connectivity index (χ4n) is 3.42. The summed E-state index contributed by atoms with van der Waals surface area (Å²) in [4.78, 5) is 17.0. The highest BCUT2D eigenvalue weighted by atomic mass is 16.2. The van der Waals surface area contributed by atoms with Gasteiger partial charge in [0.1, 0.15) is 5.69 Å². The number of nitrogens with one attached hydrogen (secondary N) is 1. The van der Waals surface area contributed by atoms with Gasteiger partial charge in [0.05, 0.1) is 5.52 Å². The number of benzene rings is 2. The lowest BCUT2D eigenvalue weighted by Gasteiger charge is -2.20. The summed E-state index contributed by atoms with van der Waals surface area (Å²) in [6, 6.07) is 15.9. The van der Waals surface area contributed by atoms with E-state index < -0.39 is 0 Å². The molecule has 1 saturated heterocycles. The molecule has 0 bridgehead atoms. The summed E-state index contributed by atoms with van der Waals surface area (Å²) in [7, 11) is 4.13. The number of hydrogen-bond donors (Lipinski definition) is 1. The van der Waals surface area contributed by atoms with Gasteiger partial charge < -0.3 is 9.80 Å². The first-order valence-corrected chi connectivity index (χ1v) is 9.13. The highest BCUT2D eigenvalue weighted by Crippen LogP contribution is 2.21. The van der Waals surface area contributed by atoms with Crippen molar-refractivity contribution in [2.75, 3.05) is 27.2 Å². The van der Waals surface area contributed by atoms with Gasteiger partial charge in [0, 0.05) is 35.6 Å². The number of hydrogen-bond acceptors (Lipinski definition) is 3. The molecule has 0 unspecified atom stereocenters. The van der Waals surface area contributed by atoms with Crippen LogP contribution in [0.15, 0.2) is 48.5 Å². The van der Waals surface area contributed by atoms with E-state index >= 15 is 0 Å². The van der Waals surface area contributed by atoms with Crippen LogP contribution in [0.4, 0.5) is 0 Å². The number of likely N-dealkylation sites (N-methyl/N-ethyl adjacent to an activating group) is 1. The zero-order valence-electron chi connectivity index (χ0n) is 15.6. The van der Waals surface area contributed by atoms with Crippen LogP contribution >= 0.6 is 0 Å². The largest absolute Gasteiger partial charge is 0.337 e. The van der Waals surface area contributed by atoms with Crippen LogP contribution in [0.25, 0.3) is 10.9 Å². The Morgan fingerprint density at radius 3 is 2.74 bits per heavy atom. The molecule has 5 nitrogen and oxygen atoms in total. The molecule has 5 heteroatoms. The number of rotatable bonds is 2. The fraction of sp³-hybridized carbons (Fsp3) is 0.273. The highest BCUT2D eigenvalue weighted by molar-refractivity contribution is 5.99. The second-order valence-corrected chi connectivity index (χ2v) is 7.10. The molecule has 1 fully saturated rings. The van der Waals surface area contributed by atoms with Gasteiger partial charge in [-0.05, 0) is 56.8 Å². The van der Waals surface area contributed by atoms with Crippen LogP contribution in [0.3, 0.4) is 0 Å². The van der Waals surface area contributed by atoms with Crippen LogP contribution in [-0.4, -0.2) is 59.1 Å². The van der Waals surface area contributed by atoms with Crippen molar-refractivity contribution >= 4 is 16.8 Å². The Bertz CT molecular complexity index is 1030. The summed E-state index contributed by atoms with van der Waals surface area (Å²) < 4.78 is 0. The van der Waals surface area contributed by atoms with Crippen LogP contribution in [0, 0.1) is 11.8 Å². The number of aromatic nitrogens is 2. The first kappa shape index (κ1) is 17.3. The molecule has 1 aliphatic heterocycles. The molecular weight excluding hydrogens is 336 g/mol. The SMILES string of the molecule is CN(C)[C@H]1CCN(C(=O)c2ccc3n[nH]c(C#Cc4ccccc4)c3c2)C1. The summed E-state index contributed by atoms with van der Waals surface area (Å²) in [6.45, 7) is 1.57. The molecule has 1 N–H and O–H groups in total. The Labute approximate surface area is 159 Å². The minimum absolute atomic E-state index is 0.0735. The average Bonchev–Trinajstić information content (AvgIpc) is 3.34. The lowest BCUT2D eigenvalue weighted by molar-refractivity contribution is 0.0783. The molecule has 4 rings (SSSR count). The molecule has 2 aromatic carbocycles. The Morgan fingerprint density at radius 1 is 1.19 bits per heavy atom. The number of H-pyrrole nitrogens is 1. The fourth-order valence-corrected chi connectivity index (χ4v) is 3.42. The molecule has 1 amide bonds. The van der Waals surface area contributed by atoms with Crippen LogP contribution in [-0.2, 0) is 0 Å². The predicted octanol–water partition coefficient (Wildman–Crippen LogP) is 2.74. The lowest BCUT2D eigenvalue weighted by atomic mass is 10.1. The number of aromatic amines is 1. The Hall–Kier alpha value is -3.10. The number of carbonyl (C=O) groups is 1. The summed E-state index contributed by atoms with van der Waals surface area (Å²) in [5, 5.41) is 8.17. The number of amides is 1. The molecule has 1 atom stereocenters. The molecule has 0 aliphatic carbocycles. The summed E-state index contributed by atoms with van der Waals surface area (Å²) >= 11 is 0. The summed E-state index contributed by atoms with van der Waals surface area (Å²) in [5.41, 5.74) is 3.18. The molecule has 27 heavy (non-hydrogen) atoms. The highest BCUT2D eigenvalue weighted by Gasteiger charge is 2.28. The van der Waals surface area contributed by atoms with E-state index in [1.807, 2.05) is 53.4 Å². The van der Waals surface area contributed by atoms with Crippen molar-refractivity contribution in [1.82, 2.24) is 20.0 Å². The van der Waals surface area contributed by atoms with Gasteiger partial charge in [0.2, 0.25) is 0 Å².